The summed E-state index contributed by atoms with van der Waals surface area (Å²) in [6.07, 6.45) is 0. The zero-order chi connectivity index (χ0) is 10.8. The highest BCUT2D eigenvalue weighted by molar-refractivity contribution is 6.18. The highest BCUT2D eigenvalue weighted by Gasteiger charge is 2.07. The van der Waals surface area contributed by atoms with Crippen LogP contribution in [0.15, 0.2) is 24.3 Å². The molecule has 0 aliphatic carbocycles. The fraction of sp³-hybridized carbons (Fsp3) is 0.250. The molecule has 0 aliphatic rings. The predicted molar refractivity (Wildman–Crippen MR) is 62.6 cm³/mol. The number of para-hydroxylation sites is 1. The molecule has 0 amide bonds. The Morgan fingerprint density at radius 2 is 2.20 bits per heavy atom. The van der Waals surface area contributed by atoms with Crippen LogP contribution in [0.5, 0.6) is 5.75 Å². The Hall–Kier alpha value is -1.28. The van der Waals surface area contributed by atoms with Gasteiger partial charge in [-0.15, -0.1) is 11.6 Å². The normalized spacial score (nSPS) is 10.6. The monoisotopic (exact) mass is 221 g/mol. The third kappa shape index (κ3) is 1.77. The molecule has 0 radical (unpaired) electrons. The first-order chi connectivity index (χ1) is 7.26. The Kier molecular flexibility index (Phi) is 2.78. The molecule has 1 heterocycles. The molecule has 0 aliphatic heterocycles. The summed E-state index contributed by atoms with van der Waals surface area (Å²) >= 11 is 5.90. The van der Waals surface area contributed by atoms with Crippen molar-refractivity contribution in [1.82, 2.24) is 4.98 Å². The van der Waals surface area contributed by atoms with Crippen molar-refractivity contribution in [3.05, 3.63) is 35.5 Å². The van der Waals surface area contributed by atoms with E-state index in [0.29, 0.717) is 5.88 Å². The van der Waals surface area contributed by atoms with Gasteiger partial charge < -0.3 is 4.74 Å². The molecule has 15 heavy (non-hydrogen) atoms. The first-order valence-electron chi connectivity index (χ1n) is 4.75. The number of fused-ring (bicyclic) bond motifs is 1. The van der Waals surface area contributed by atoms with Gasteiger partial charge >= 0.3 is 0 Å². The molecular formula is C12H12ClNO. The Bertz CT molecular complexity index is 496. The number of halogens is 1. The fourth-order valence-corrected chi connectivity index (χ4v) is 1.93. The highest BCUT2D eigenvalue weighted by atomic mass is 35.5. The number of alkyl halides is 1. The lowest BCUT2D eigenvalue weighted by Gasteiger charge is -2.08. The topological polar surface area (TPSA) is 22.1 Å². The maximum Gasteiger partial charge on any atom is 0.145 e. The summed E-state index contributed by atoms with van der Waals surface area (Å²) in [6, 6.07) is 7.89. The van der Waals surface area contributed by atoms with E-state index >= 15 is 0 Å². The molecule has 0 saturated carbocycles. The minimum Gasteiger partial charge on any atom is -0.494 e. The summed E-state index contributed by atoms with van der Waals surface area (Å²) < 4.78 is 5.28. The first kappa shape index (κ1) is 10.2. The minimum absolute atomic E-state index is 0.493. The van der Waals surface area contributed by atoms with Crippen LogP contribution < -0.4 is 4.74 Å². The van der Waals surface area contributed by atoms with Gasteiger partial charge in [0.05, 0.1) is 7.11 Å². The predicted octanol–water partition coefficient (Wildman–Crippen LogP) is 3.29. The summed E-state index contributed by atoms with van der Waals surface area (Å²) in [7, 11) is 1.65. The molecule has 0 fully saturated rings. The average molecular weight is 222 g/mol. The molecule has 0 unspecified atom stereocenters. The van der Waals surface area contributed by atoms with Crippen LogP contribution in [0.25, 0.3) is 10.9 Å². The quantitative estimate of drug-likeness (QED) is 0.726. The van der Waals surface area contributed by atoms with E-state index in [4.69, 9.17) is 16.3 Å². The van der Waals surface area contributed by atoms with Crippen molar-refractivity contribution >= 4 is 22.5 Å². The van der Waals surface area contributed by atoms with Gasteiger partial charge in [0, 0.05) is 17.0 Å². The van der Waals surface area contributed by atoms with E-state index in [2.05, 4.69) is 4.98 Å². The molecule has 0 atom stereocenters. The van der Waals surface area contributed by atoms with Crippen LogP contribution in [-0.2, 0) is 5.88 Å². The van der Waals surface area contributed by atoms with Gasteiger partial charge in [-0.2, -0.15) is 0 Å². The lowest BCUT2D eigenvalue weighted by Crippen LogP contribution is -1.93. The number of hydrogen-bond acceptors (Lipinski definition) is 2. The second kappa shape index (κ2) is 4.07. The molecule has 0 N–H and O–H groups in total. The molecule has 0 spiro atoms. The van der Waals surface area contributed by atoms with Crippen molar-refractivity contribution in [2.75, 3.05) is 7.11 Å². The smallest absolute Gasteiger partial charge is 0.145 e. The van der Waals surface area contributed by atoms with Crippen molar-refractivity contribution in [1.29, 1.82) is 0 Å². The second-order valence-corrected chi connectivity index (χ2v) is 3.68. The van der Waals surface area contributed by atoms with Gasteiger partial charge in [-0.25, -0.2) is 4.98 Å². The standard InChI is InChI=1S/C12H12ClNO/c1-8-6-9(7-13)10-4-3-5-11(15-2)12(10)14-8/h3-6H,7H2,1-2H3. The Morgan fingerprint density at radius 1 is 1.40 bits per heavy atom. The van der Waals surface area contributed by atoms with Crippen molar-refractivity contribution in [2.45, 2.75) is 12.8 Å². The van der Waals surface area contributed by atoms with Gasteiger partial charge in [0.15, 0.2) is 0 Å². The maximum atomic E-state index is 5.90. The largest absolute Gasteiger partial charge is 0.494 e. The van der Waals surface area contributed by atoms with Crippen LogP contribution in [0.4, 0.5) is 0 Å². The average Bonchev–Trinajstić information content (AvgIpc) is 2.27. The number of methoxy groups -OCH3 is 1. The molecule has 1 aromatic carbocycles. The maximum absolute atomic E-state index is 5.90. The molecule has 1 aromatic heterocycles. The summed E-state index contributed by atoms with van der Waals surface area (Å²) in [5, 5.41) is 1.06. The van der Waals surface area contributed by atoms with Crippen LogP contribution >= 0.6 is 11.6 Å². The van der Waals surface area contributed by atoms with Crippen LogP contribution in [0.2, 0.25) is 0 Å². The van der Waals surface area contributed by atoms with Crippen molar-refractivity contribution < 1.29 is 4.74 Å². The van der Waals surface area contributed by atoms with Crippen molar-refractivity contribution in [3.8, 4) is 5.75 Å². The molecular weight excluding hydrogens is 210 g/mol. The van der Waals surface area contributed by atoms with E-state index in [1.807, 2.05) is 31.2 Å². The van der Waals surface area contributed by atoms with Gasteiger partial charge in [0.25, 0.3) is 0 Å². The van der Waals surface area contributed by atoms with Crippen molar-refractivity contribution in [3.63, 3.8) is 0 Å². The summed E-state index contributed by atoms with van der Waals surface area (Å²) in [4.78, 5) is 4.47. The molecule has 3 heteroatoms. The summed E-state index contributed by atoms with van der Waals surface area (Å²) in [5.74, 6) is 1.29. The van der Waals surface area contributed by atoms with Gasteiger partial charge in [-0.1, -0.05) is 12.1 Å². The van der Waals surface area contributed by atoms with Gasteiger partial charge in [-0.3, -0.25) is 0 Å². The number of aryl methyl sites for hydroxylation is 1. The highest BCUT2D eigenvalue weighted by Crippen LogP contribution is 2.27. The molecule has 2 aromatic rings. The Balaban J connectivity index is 2.82. The summed E-state index contributed by atoms with van der Waals surface area (Å²) in [6.45, 7) is 1.96. The van der Waals surface area contributed by atoms with Crippen LogP contribution in [0.3, 0.4) is 0 Å². The van der Waals surface area contributed by atoms with Gasteiger partial charge in [0.1, 0.15) is 11.3 Å². The lowest BCUT2D eigenvalue weighted by atomic mass is 10.1. The van der Waals surface area contributed by atoms with E-state index in [1.54, 1.807) is 7.11 Å². The number of hydrogen-bond donors (Lipinski definition) is 0. The van der Waals surface area contributed by atoms with Crippen molar-refractivity contribution in [2.24, 2.45) is 0 Å². The van der Waals surface area contributed by atoms with E-state index in [1.165, 1.54) is 0 Å². The Labute approximate surface area is 93.8 Å². The molecule has 0 bridgehead atoms. The lowest BCUT2D eigenvalue weighted by molar-refractivity contribution is 0.419. The van der Waals surface area contributed by atoms with Crippen LogP contribution in [0.1, 0.15) is 11.3 Å². The Morgan fingerprint density at radius 3 is 2.87 bits per heavy atom. The molecule has 2 rings (SSSR count). The van der Waals surface area contributed by atoms with E-state index in [-0.39, 0.29) is 0 Å². The number of rotatable bonds is 2. The number of ether oxygens (including phenoxy) is 1. The molecule has 78 valence electrons. The zero-order valence-electron chi connectivity index (χ0n) is 8.75. The van der Waals surface area contributed by atoms with E-state index in [0.717, 1.165) is 27.9 Å². The summed E-state index contributed by atoms with van der Waals surface area (Å²) in [5.41, 5.74) is 2.94. The number of aromatic nitrogens is 1. The molecule has 0 saturated heterocycles. The molecule has 2 nitrogen and oxygen atoms in total. The SMILES string of the molecule is COc1cccc2c(CCl)cc(C)nc12. The van der Waals surface area contributed by atoms with E-state index < -0.39 is 0 Å². The van der Waals surface area contributed by atoms with E-state index in [9.17, 15) is 0 Å². The fourth-order valence-electron chi connectivity index (χ4n) is 1.71. The third-order valence-corrected chi connectivity index (χ3v) is 2.67. The first-order valence-corrected chi connectivity index (χ1v) is 5.29. The third-order valence-electron chi connectivity index (χ3n) is 2.38. The number of pyridine rings is 1. The number of benzene rings is 1. The zero-order valence-corrected chi connectivity index (χ0v) is 9.51. The van der Waals surface area contributed by atoms with Gasteiger partial charge in [0.2, 0.25) is 0 Å². The number of nitrogens with zero attached hydrogens (tertiary/aromatic N) is 1. The second-order valence-electron chi connectivity index (χ2n) is 3.41. The van der Waals surface area contributed by atoms with Crippen LogP contribution in [0, 0.1) is 6.92 Å². The van der Waals surface area contributed by atoms with Gasteiger partial charge in [-0.05, 0) is 24.6 Å². The minimum atomic E-state index is 0.493. The van der Waals surface area contributed by atoms with Crippen LogP contribution in [-0.4, -0.2) is 12.1 Å².